The largest absolute Gasteiger partial charge is 0.397 e. The molecule has 2 heterocycles. The van der Waals surface area contributed by atoms with E-state index in [1.54, 1.807) is 4.90 Å². The van der Waals surface area contributed by atoms with Crippen molar-refractivity contribution in [2.45, 2.75) is 6.92 Å². The fourth-order valence-corrected chi connectivity index (χ4v) is 2.12. The van der Waals surface area contributed by atoms with Gasteiger partial charge in [0.05, 0.1) is 5.69 Å². The second kappa shape index (κ2) is 5.49. The molecule has 0 aliphatic carbocycles. The van der Waals surface area contributed by atoms with Crippen LogP contribution in [-0.2, 0) is 0 Å². The second-order valence-electron chi connectivity index (χ2n) is 4.20. The molecule has 1 aromatic heterocycles. The number of amides is 1. The van der Waals surface area contributed by atoms with Gasteiger partial charge in [0.15, 0.2) is 10.8 Å². The van der Waals surface area contributed by atoms with Crippen LogP contribution in [0.4, 0.5) is 5.69 Å². The number of rotatable bonds is 2. The Morgan fingerprint density at radius 1 is 1.39 bits per heavy atom. The molecule has 0 unspecified atom stereocenters. The van der Waals surface area contributed by atoms with Crippen molar-refractivity contribution in [3.05, 3.63) is 16.9 Å². The highest BCUT2D eigenvalue weighted by Crippen LogP contribution is 2.15. The third-order valence-electron chi connectivity index (χ3n) is 3.10. The zero-order valence-electron chi connectivity index (χ0n) is 10.3. The second-order valence-corrected chi connectivity index (χ2v) is 4.58. The predicted octanol–water partition coefficient (Wildman–Crippen LogP) is 0.490. The molecule has 2 N–H and O–H groups in total. The summed E-state index contributed by atoms with van der Waals surface area (Å²) < 4.78 is 0. The SMILES string of the molecule is CCN1CCN(C(=O)c2nnc(Cl)cc2N)CC1. The molecule has 0 radical (unpaired) electrons. The number of piperazine rings is 1. The van der Waals surface area contributed by atoms with Gasteiger partial charge in [0.25, 0.3) is 5.91 Å². The third-order valence-corrected chi connectivity index (χ3v) is 3.29. The van der Waals surface area contributed by atoms with Gasteiger partial charge in [-0.25, -0.2) is 0 Å². The van der Waals surface area contributed by atoms with E-state index in [9.17, 15) is 4.79 Å². The number of halogens is 1. The number of hydrogen-bond donors (Lipinski definition) is 1. The number of anilines is 1. The van der Waals surface area contributed by atoms with Crippen LogP contribution in [0.5, 0.6) is 0 Å². The minimum atomic E-state index is -0.174. The number of carbonyl (C=O) groups excluding carboxylic acids is 1. The van der Waals surface area contributed by atoms with Crippen molar-refractivity contribution in [1.82, 2.24) is 20.0 Å². The Morgan fingerprint density at radius 2 is 2.06 bits per heavy atom. The highest BCUT2D eigenvalue weighted by atomic mass is 35.5. The van der Waals surface area contributed by atoms with Crippen LogP contribution in [-0.4, -0.2) is 58.6 Å². The van der Waals surface area contributed by atoms with E-state index in [-0.39, 0.29) is 22.4 Å². The molecular formula is C11H16ClN5O. The first-order valence-electron chi connectivity index (χ1n) is 5.92. The maximum Gasteiger partial charge on any atom is 0.276 e. The van der Waals surface area contributed by atoms with Gasteiger partial charge in [-0.15, -0.1) is 10.2 Å². The summed E-state index contributed by atoms with van der Waals surface area (Å²) in [5.74, 6) is -0.174. The molecule has 0 atom stereocenters. The highest BCUT2D eigenvalue weighted by molar-refractivity contribution is 6.29. The van der Waals surface area contributed by atoms with Crippen LogP contribution in [0, 0.1) is 0 Å². The standard InChI is InChI=1S/C11H16ClN5O/c1-2-16-3-5-17(6-4-16)11(18)10-8(13)7-9(12)14-15-10/h7H,2-6H2,1H3,(H2,13,14). The van der Waals surface area contributed by atoms with E-state index in [4.69, 9.17) is 17.3 Å². The number of likely N-dealkylation sites (N-methyl/N-ethyl adjacent to an activating group) is 1. The van der Waals surface area contributed by atoms with Gasteiger partial charge >= 0.3 is 0 Å². The molecule has 0 bridgehead atoms. The quantitative estimate of drug-likeness (QED) is 0.846. The number of aromatic nitrogens is 2. The van der Waals surface area contributed by atoms with Crippen molar-refractivity contribution in [2.75, 3.05) is 38.5 Å². The number of nitrogen functional groups attached to an aromatic ring is 1. The molecular weight excluding hydrogens is 254 g/mol. The molecule has 1 aromatic rings. The summed E-state index contributed by atoms with van der Waals surface area (Å²) in [6.45, 7) is 6.25. The van der Waals surface area contributed by atoms with Crippen molar-refractivity contribution >= 4 is 23.2 Å². The van der Waals surface area contributed by atoms with Gasteiger partial charge in [0.1, 0.15) is 0 Å². The van der Waals surface area contributed by atoms with Crippen LogP contribution in [0.2, 0.25) is 5.15 Å². The molecule has 1 saturated heterocycles. The lowest BCUT2D eigenvalue weighted by Crippen LogP contribution is -2.48. The Labute approximate surface area is 111 Å². The molecule has 18 heavy (non-hydrogen) atoms. The summed E-state index contributed by atoms with van der Waals surface area (Å²) in [5, 5.41) is 7.64. The van der Waals surface area contributed by atoms with Crippen LogP contribution >= 0.6 is 11.6 Å². The molecule has 6 nitrogen and oxygen atoms in total. The van der Waals surface area contributed by atoms with E-state index in [2.05, 4.69) is 22.0 Å². The lowest BCUT2D eigenvalue weighted by molar-refractivity contribution is 0.0637. The molecule has 1 fully saturated rings. The summed E-state index contributed by atoms with van der Waals surface area (Å²) in [6.07, 6.45) is 0. The molecule has 0 spiro atoms. The predicted molar refractivity (Wildman–Crippen MR) is 69.5 cm³/mol. The molecule has 98 valence electrons. The lowest BCUT2D eigenvalue weighted by atomic mass is 10.2. The van der Waals surface area contributed by atoms with Crippen LogP contribution < -0.4 is 5.73 Å². The van der Waals surface area contributed by atoms with Crippen molar-refractivity contribution < 1.29 is 4.79 Å². The molecule has 2 rings (SSSR count). The first-order valence-corrected chi connectivity index (χ1v) is 6.30. The zero-order chi connectivity index (χ0) is 13.1. The lowest BCUT2D eigenvalue weighted by Gasteiger charge is -2.33. The fraction of sp³-hybridized carbons (Fsp3) is 0.545. The summed E-state index contributed by atoms with van der Waals surface area (Å²) in [7, 11) is 0. The number of nitrogens with two attached hydrogens (primary N) is 1. The Hall–Kier alpha value is -1.40. The fourth-order valence-electron chi connectivity index (χ4n) is 1.96. The number of nitrogens with zero attached hydrogens (tertiary/aromatic N) is 4. The van der Waals surface area contributed by atoms with E-state index in [1.807, 2.05) is 0 Å². The first kappa shape index (κ1) is 13.0. The summed E-state index contributed by atoms with van der Waals surface area (Å²) in [6, 6.07) is 1.45. The van der Waals surface area contributed by atoms with Crippen molar-refractivity contribution in [3.8, 4) is 0 Å². The van der Waals surface area contributed by atoms with E-state index < -0.39 is 0 Å². The number of carbonyl (C=O) groups is 1. The van der Waals surface area contributed by atoms with Gasteiger partial charge in [-0.1, -0.05) is 18.5 Å². The van der Waals surface area contributed by atoms with Gasteiger partial charge in [-0.05, 0) is 6.54 Å². The Bertz CT molecular complexity index is 445. The zero-order valence-corrected chi connectivity index (χ0v) is 11.0. The maximum absolute atomic E-state index is 12.2. The smallest absolute Gasteiger partial charge is 0.276 e. The van der Waals surface area contributed by atoms with E-state index in [1.165, 1.54) is 6.07 Å². The minimum Gasteiger partial charge on any atom is -0.397 e. The summed E-state index contributed by atoms with van der Waals surface area (Å²) in [4.78, 5) is 16.3. The van der Waals surface area contributed by atoms with E-state index in [0.717, 1.165) is 19.6 Å². The van der Waals surface area contributed by atoms with Crippen LogP contribution in [0.25, 0.3) is 0 Å². The van der Waals surface area contributed by atoms with Gasteiger partial charge in [0.2, 0.25) is 0 Å². The van der Waals surface area contributed by atoms with Gasteiger partial charge in [-0.2, -0.15) is 0 Å². The minimum absolute atomic E-state index is 0.174. The van der Waals surface area contributed by atoms with Crippen LogP contribution in [0.3, 0.4) is 0 Å². The van der Waals surface area contributed by atoms with E-state index in [0.29, 0.717) is 13.1 Å². The first-order chi connectivity index (χ1) is 8.61. The Kier molecular flexibility index (Phi) is 3.98. The van der Waals surface area contributed by atoms with Crippen molar-refractivity contribution in [1.29, 1.82) is 0 Å². The topological polar surface area (TPSA) is 75.3 Å². The monoisotopic (exact) mass is 269 g/mol. The highest BCUT2D eigenvalue weighted by Gasteiger charge is 2.24. The molecule has 1 aliphatic heterocycles. The van der Waals surface area contributed by atoms with E-state index >= 15 is 0 Å². The van der Waals surface area contributed by atoms with Gasteiger partial charge in [0, 0.05) is 32.2 Å². The van der Waals surface area contributed by atoms with Crippen LogP contribution in [0.1, 0.15) is 17.4 Å². The molecule has 1 amide bonds. The summed E-state index contributed by atoms with van der Waals surface area (Å²) >= 11 is 5.66. The normalized spacial score (nSPS) is 16.9. The summed E-state index contributed by atoms with van der Waals surface area (Å²) in [5.41, 5.74) is 6.20. The Morgan fingerprint density at radius 3 is 2.61 bits per heavy atom. The van der Waals surface area contributed by atoms with Crippen molar-refractivity contribution in [3.63, 3.8) is 0 Å². The molecule has 0 saturated carbocycles. The average Bonchev–Trinajstić information content (AvgIpc) is 2.38. The van der Waals surface area contributed by atoms with Gasteiger partial charge in [-0.3, -0.25) is 4.79 Å². The third kappa shape index (κ3) is 2.70. The molecule has 0 aromatic carbocycles. The van der Waals surface area contributed by atoms with Crippen molar-refractivity contribution in [2.24, 2.45) is 0 Å². The maximum atomic E-state index is 12.2. The van der Waals surface area contributed by atoms with Gasteiger partial charge < -0.3 is 15.5 Å². The average molecular weight is 270 g/mol. The Balaban J connectivity index is 2.08. The molecule has 1 aliphatic rings. The molecule has 7 heteroatoms. The van der Waals surface area contributed by atoms with Crippen LogP contribution in [0.15, 0.2) is 6.07 Å². The number of hydrogen-bond acceptors (Lipinski definition) is 5.